The Labute approximate surface area is 99.4 Å². The fourth-order valence-electron chi connectivity index (χ4n) is 1.74. The highest BCUT2D eigenvalue weighted by atomic mass is 16.2. The van der Waals surface area contributed by atoms with E-state index in [-0.39, 0.29) is 17.4 Å². The zero-order chi connectivity index (χ0) is 12.3. The highest BCUT2D eigenvalue weighted by molar-refractivity contribution is 5.83. The average molecular weight is 226 g/mol. The van der Waals surface area contributed by atoms with Gasteiger partial charge in [-0.25, -0.2) is 0 Å². The van der Waals surface area contributed by atoms with Gasteiger partial charge < -0.3 is 10.6 Å². The van der Waals surface area contributed by atoms with Gasteiger partial charge in [-0.2, -0.15) is 0 Å². The van der Waals surface area contributed by atoms with Crippen molar-refractivity contribution in [2.75, 3.05) is 6.54 Å². The minimum atomic E-state index is -0.370. The monoisotopic (exact) mass is 226 g/mol. The van der Waals surface area contributed by atoms with Crippen LogP contribution in [0.2, 0.25) is 0 Å². The summed E-state index contributed by atoms with van der Waals surface area (Å²) in [6.45, 7) is 9.12. The molecule has 0 spiro atoms. The van der Waals surface area contributed by atoms with Crippen LogP contribution in [0.4, 0.5) is 0 Å². The predicted octanol–water partition coefficient (Wildman–Crippen LogP) is 2.15. The molecular formula is C13H26N2O. The average Bonchev–Trinajstić information content (AvgIpc) is 2.99. The second-order valence-electron chi connectivity index (χ2n) is 5.96. The first kappa shape index (κ1) is 13.5. The minimum absolute atomic E-state index is 0.142. The minimum Gasteiger partial charge on any atom is -0.338 e. The molecule has 0 bridgehead atoms. The second kappa shape index (κ2) is 5.17. The van der Waals surface area contributed by atoms with E-state index in [4.69, 9.17) is 5.73 Å². The maximum atomic E-state index is 12.3. The predicted molar refractivity (Wildman–Crippen MR) is 67.1 cm³/mol. The van der Waals surface area contributed by atoms with Gasteiger partial charge in [0.1, 0.15) is 0 Å². The summed E-state index contributed by atoms with van der Waals surface area (Å²) in [4.78, 5) is 14.3. The van der Waals surface area contributed by atoms with Gasteiger partial charge in [-0.15, -0.1) is 0 Å². The maximum absolute atomic E-state index is 12.3. The molecule has 0 aromatic rings. The van der Waals surface area contributed by atoms with Crippen molar-refractivity contribution in [1.29, 1.82) is 0 Å². The fourth-order valence-corrected chi connectivity index (χ4v) is 1.74. The Morgan fingerprint density at radius 3 is 2.38 bits per heavy atom. The molecule has 1 fully saturated rings. The van der Waals surface area contributed by atoms with Crippen molar-refractivity contribution in [2.24, 2.45) is 11.1 Å². The van der Waals surface area contributed by atoms with Crippen molar-refractivity contribution in [3.05, 3.63) is 0 Å². The van der Waals surface area contributed by atoms with E-state index in [2.05, 4.69) is 6.92 Å². The molecule has 16 heavy (non-hydrogen) atoms. The Bertz CT molecular complexity index is 241. The zero-order valence-corrected chi connectivity index (χ0v) is 11.1. The van der Waals surface area contributed by atoms with Crippen LogP contribution < -0.4 is 5.73 Å². The van der Waals surface area contributed by atoms with Gasteiger partial charge in [0.15, 0.2) is 0 Å². The molecule has 0 saturated heterocycles. The van der Waals surface area contributed by atoms with Crippen molar-refractivity contribution >= 4 is 5.91 Å². The van der Waals surface area contributed by atoms with Crippen LogP contribution in [0.5, 0.6) is 0 Å². The number of unbranched alkanes of at least 4 members (excludes halogenated alkanes) is 1. The van der Waals surface area contributed by atoms with Crippen LogP contribution in [-0.2, 0) is 4.79 Å². The first-order chi connectivity index (χ1) is 7.38. The summed E-state index contributed by atoms with van der Waals surface area (Å²) in [6.07, 6.45) is 4.53. The molecule has 1 rings (SSSR count). The van der Waals surface area contributed by atoms with E-state index in [1.807, 2.05) is 25.7 Å². The number of nitrogens with two attached hydrogens (primary N) is 1. The Kier molecular flexibility index (Phi) is 4.36. The molecule has 94 valence electrons. The van der Waals surface area contributed by atoms with E-state index in [9.17, 15) is 4.79 Å². The molecule has 3 nitrogen and oxygen atoms in total. The van der Waals surface area contributed by atoms with Crippen LogP contribution in [-0.4, -0.2) is 29.4 Å². The lowest BCUT2D eigenvalue weighted by Crippen LogP contribution is -2.51. The largest absolute Gasteiger partial charge is 0.338 e. The van der Waals surface area contributed by atoms with Crippen LogP contribution in [0.25, 0.3) is 0 Å². The third-order valence-corrected chi connectivity index (χ3v) is 3.22. The molecule has 0 heterocycles. The van der Waals surface area contributed by atoms with Gasteiger partial charge in [0.25, 0.3) is 0 Å². The Morgan fingerprint density at radius 1 is 1.44 bits per heavy atom. The number of hydrogen-bond donors (Lipinski definition) is 1. The van der Waals surface area contributed by atoms with Crippen molar-refractivity contribution in [3.8, 4) is 0 Å². The topological polar surface area (TPSA) is 46.3 Å². The van der Waals surface area contributed by atoms with E-state index in [1.165, 1.54) is 0 Å². The molecule has 0 radical (unpaired) electrons. The number of carbonyl (C=O) groups is 1. The zero-order valence-electron chi connectivity index (χ0n) is 11.1. The highest BCUT2D eigenvalue weighted by Gasteiger charge is 2.37. The lowest BCUT2D eigenvalue weighted by molar-refractivity contribution is -0.135. The van der Waals surface area contributed by atoms with E-state index < -0.39 is 0 Å². The van der Waals surface area contributed by atoms with Gasteiger partial charge in [-0.1, -0.05) is 34.1 Å². The van der Waals surface area contributed by atoms with Crippen molar-refractivity contribution in [1.82, 2.24) is 4.90 Å². The van der Waals surface area contributed by atoms with Crippen LogP contribution >= 0.6 is 0 Å². The molecule has 1 amide bonds. The summed E-state index contributed by atoms with van der Waals surface area (Å²) in [5.74, 6) is 0.142. The third-order valence-electron chi connectivity index (χ3n) is 3.22. The first-order valence-corrected chi connectivity index (χ1v) is 6.44. The normalized spacial score (nSPS) is 18.3. The standard InChI is InChI=1S/C13H26N2O/c1-5-6-9-15(10-7-8-10)12(16)11(14)13(2,3)4/h10-11H,5-9,14H2,1-4H3/t11-/m0/s1. The fraction of sp³-hybridized carbons (Fsp3) is 0.923. The van der Waals surface area contributed by atoms with Crippen molar-refractivity contribution in [3.63, 3.8) is 0 Å². The van der Waals surface area contributed by atoms with Gasteiger partial charge in [0.2, 0.25) is 5.91 Å². The van der Waals surface area contributed by atoms with Gasteiger partial charge >= 0.3 is 0 Å². The number of nitrogens with zero attached hydrogens (tertiary/aromatic N) is 1. The molecule has 1 aliphatic carbocycles. The molecule has 1 saturated carbocycles. The summed E-state index contributed by atoms with van der Waals surface area (Å²) >= 11 is 0. The summed E-state index contributed by atoms with van der Waals surface area (Å²) in [6, 6.07) is 0.109. The van der Waals surface area contributed by atoms with Gasteiger partial charge in [0, 0.05) is 12.6 Å². The number of carbonyl (C=O) groups excluding carboxylic acids is 1. The van der Waals surface area contributed by atoms with Crippen molar-refractivity contribution < 1.29 is 4.79 Å². The molecule has 2 N–H and O–H groups in total. The van der Waals surface area contributed by atoms with Gasteiger partial charge in [0.05, 0.1) is 6.04 Å². The molecule has 0 aromatic heterocycles. The first-order valence-electron chi connectivity index (χ1n) is 6.44. The summed E-state index contributed by atoms with van der Waals surface area (Å²) in [5, 5.41) is 0. The lowest BCUT2D eigenvalue weighted by Gasteiger charge is -2.32. The molecule has 0 unspecified atom stereocenters. The third kappa shape index (κ3) is 3.48. The molecule has 1 aliphatic rings. The molecule has 1 atom stereocenters. The Balaban J connectivity index is 2.59. The maximum Gasteiger partial charge on any atom is 0.240 e. The SMILES string of the molecule is CCCCN(C(=O)[C@H](N)C(C)(C)C)C1CC1. The molecule has 0 aromatic carbocycles. The van der Waals surface area contributed by atoms with Crippen molar-refractivity contribution in [2.45, 2.75) is 65.5 Å². The van der Waals surface area contributed by atoms with Crippen LogP contribution in [0.15, 0.2) is 0 Å². The Hall–Kier alpha value is -0.570. The Morgan fingerprint density at radius 2 is 2.00 bits per heavy atom. The highest BCUT2D eigenvalue weighted by Crippen LogP contribution is 2.29. The quantitative estimate of drug-likeness (QED) is 0.780. The number of amides is 1. The number of rotatable bonds is 5. The van der Waals surface area contributed by atoms with E-state index >= 15 is 0 Å². The van der Waals surface area contributed by atoms with Gasteiger partial charge in [-0.3, -0.25) is 4.79 Å². The van der Waals surface area contributed by atoms with Crippen LogP contribution in [0.1, 0.15) is 53.4 Å². The number of hydrogen-bond acceptors (Lipinski definition) is 2. The smallest absolute Gasteiger partial charge is 0.240 e. The van der Waals surface area contributed by atoms with Gasteiger partial charge in [-0.05, 0) is 24.7 Å². The van der Waals surface area contributed by atoms with E-state index in [0.29, 0.717) is 6.04 Å². The van der Waals surface area contributed by atoms with E-state index in [1.54, 1.807) is 0 Å². The second-order valence-corrected chi connectivity index (χ2v) is 5.96. The lowest BCUT2D eigenvalue weighted by atomic mass is 9.86. The molecular weight excluding hydrogens is 200 g/mol. The van der Waals surface area contributed by atoms with E-state index in [0.717, 1.165) is 32.2 Å². The summed E-state index contributed by atoms with van der Waals surface area (Å²) in [7, 11) is 0. The van der Waals surface area contributed by atoms with Crippen LogP contribution in [0, 0.1) is 5.41 Å². The molecule has 0 aliphatic heterocycles. The summed E-state index contributed by atoms with van der Waals surface area (Å²) in [5.41, 5.74) is 5.90. The molecule has 3 heteroatoms. The summed E-state index contributed by atoms with van der Waals surface area (Å²) < 4.78 is 0. The van der Waals surface area contributed by atoms with Crippen LogP contribution in [0.3, 0.4) is 0 Å².